The molecule has 1 saturated carbocycles. The molecule has 1 heterocycles. The first-order valence-corrected chi connectivity index (χ1v) is 5.47. The lowest BCUT2D eigenvalue weighted by atomic mass is 10.1. The van der Waals surface area contributed by atoms with Crippen LogP contribution in [0.4, 0.5) is 0 Å². The normalized spacial score (nSPS) is 23.6. The molecule has 3 N–H and O–H groups in total. The minimum Gasteiger partial charge on any atom is -0.369 e. The lowest BCUT2D eigenvalue weighted by Gasteiger charge is -1.96. The maximum Gasteiger partial charge on any atom is 0.221 e. The van der Waals surface area contributed by atoms with Crippen LogP contribution in [0.5, 0.6) is 0 Å². The van der Waals surface area contributed by atoms with Crippen LogP contribution in [0.25, 0.3) is 10.9 Å². The van der Waals surface area contributed by atoms with Gasteiger partial charge in [-0.1, -0.05) is 11.6 Å². The molecule has 2 aromatic rings. The fourth-order valence-electron chi connectivity index (χ4n) is 2.11. The molecule has 2 atom stereocenters. The number of carbonyl (C=O) groups is 1. The van der Waals surface area contributed by atoms with Crippen molar-refractivity contribution in [1.82, 2.24) is 10.2 Å². The number of benzene rings is 1. The molecule has 1 aromatic heterocycles. The Labute approximate surface area is 96.8 Å². The Hall–Kier alpha value is -1.55. The van der Waals surface area contributed by atoms with Crippen molar-refractivity contribution in [3.05, 3.63) is 28.9 Å². The predicted molar refractivity (Wildman–Crippen MR) is 61.1 cm³/mol. The van der Waals surface area contributed by atoms with E-state index in [1.807, 2.05) is 12.1 Å². The van der Waals surface area contributed by atoms with Crippen LogP contribution in [-0.2, 0) is 4.79 Å². The zero-order valence-corrected chi connectivity index (χ0v) is 9.16. The van der Waals surface area contributed by atoms with E-state index in [9.17, 15) is 4.79 Å². The van der Waals surface area contributed by atoms with Gasteiger partial charge in [-0.15, -0.1) is 0 Å². The number of hydrogen-bond acceptors (Lipinski definition) is 2. The summed E-state index contributed by atoms with van der Waals surface area (Å²) < 4.78 is 0. The summed E-state index contributed by atoms with van der Waals surface area (Å²) in [6.07, 6.45) is 0.805. The van der Waals surface area contributed by atoms with Crippen LogP contribution >= 0.6 is 11.6 Å². The van der Waals surface area contributed by atoms with Crippen molar-refractivity contribution in [3.63, 3.8) is 0 Å². The molecule has 16 heavy (non-hydrogen) atoms. The number of rotatable bonds is 2. The lowest BCUT2D eigenvalue weighted by molar-refractivity contribution is -0.119. The van der Waals surface area contributed by atoms with Crippen molar-refractivity contribution in [2.75, 3.05) is 0 Å². The Morgan fingerprint density at radius 3 is 3.06 bits per heavy atom. The van der Waals surface area contributed by atoms with E-state index in [0.717, 1.165) is 23.0 Å². The number of nitrogens with two attached hydrogens (primary N) is 1. The Bertz CT molecular complexity index is 578. The maximum atomic E-state index is 11.0. The number of carbonyl (C=O) groups excluding carboxylic acids is 1. The second-order valence-electron chi connectivity index (χ2n) is 4.15. The zero-order valence-electron chi connectivity index (χ0n) is 8.40. The molecule has 1 aromatic carbocycles. The monoisotopic (exact) mass is 235 g/mol. The van der Waals surface area contributed by atoms with Crippen molar-refractivity contribution < 1.29 is 4.79 Å². The van der Waals surface area contributed by atoms with Crippen LogP contribution in [0.1, 0.15) is 18.0 Å². The van der Waals surface area contributed by atoms with Crippen LogP contribution in [0, 0.1) is 5.92 Å². The van der Waals surface area contributed by atoms with E-state index in [4.69, 9.17) is 17.3 Å². The Balaban J connectivity index is 2.05. The maximum absolute atomic E-state index is 11.0. The van der Waals surface area contributed by atoms with Crippen molar-refractivity contribution in [2.24, 2.45) is 11.7 Å². The van der Waals surface area contributed by atoms with Gasteiger partial charge in [0.2, 0.25) is 5.91 Å². The fourth-order valence-corrected chi connectivity index (χ4v) is 2.29. The number of amides is 1. The Kier molecular flexibility index (Phi) is 1.94. The van der Waals surface area contributed by atoms with Gasteiger partial charge in [0.25, 0.3) is 0 Å². The highest BCUT2D eigenvalue weighted by atomic mass is 35.5. The van der Waals surface area contributed by atoms with Gasteiger partial charge < -0.3 is 5.73 Å². The predicted octanol–water partition coefficient (Wildman–Crippen LogP) is 1.81. The summed E-state index contributed by atoms with van der Waals surface area (Å²) in [7, 11) is 0. The van der Waals surface area contributed by atoms with Crippen molar-refractivity contribution >= 4 is 28.4 Å². The molecule has 0 saturated heterocycles. The largest absolute Gasteiger partial charge is 0.369 e. The minimum atomic E-state index is -0.241. The standard InChI is InChI=1S/C11H10ClN3O/c12-5-1-2-9-8(3-5)10(15-14-9)6-4-7(6)11(13)16/h1-3,6-7H,4H2,(H2,13,16)(H,14,15)/t6-,7-/m0/s1. The van der Waals surface area contributed by atoms with Gasteiger partial charge in [-0.2, -0.15) is 5.10 Å². The molecule has 3 rings (SSSR count). The first-order chi connectivity index (χ1) is 7.66. The summed E-state index contributed by atoms with van der Waals surface area (Å²) in [6.45, 7) is 0. The lowest BCUT2D eigenvalue weighted by Crippen LogP contribution is -2.13. The number of aromatic nitrogens is 2. The van der Waals surface area contributed by atoms with E-state index in [2.05, 4.69) is 10.2 Å². The molecule has 4 nitrogen and oxygen atoms in total. The molecule has 0 spiro atoms. The van der Waals surface area contributed by atoms with Crippen molar-refractivity contribution in [3.8, 4) is 0 Å². The molecule has 1 fully saturated rings. The molecule has 0 radical (unpaired) electrons. The highest BCUT2D eigenvalue weighted by Gasteiger charge is 2.44. The first-order valence-electron chi connectivity index (χ1n) is 5.09. The number of aromatic amines is 1. The van der Waals surface area contributed by atoms with Gasteiger partial charge in [0.1, 0.15) is 0 Å². The van der Waals surface area contributed by atoms with Gasteiger partial charge in [0, 0.05) is 27.9 Å². The van der Waals surface area contributed by atoms with Gasteiger partial charge in [-0.05, 0) is 24.6 Å². The quantitative estimate of drug-likeness (QED) is 0.833. The van der Waals surface area contributed by atoms with Crippen LogP contribution in [0.3, 0.4) is 0 Å². The Morgan fingerprint density at radius 2 is 2.38 bits per heavy atom. The number of hydrogen-bond donors (Lipinski definition) is 2. The first kappa shape index (κ1) is 9.66. The molecule has 0 unspecified atom stereocenters. The van der Waals surface area contributed by atoms with Crippen LogP contribution in [0.2, 0.25) is 5.02 Å². The molecule has 82 valence electrons. The van der Waals surface area contributed by atoms with Crippen molar-refractivity contribution in [2.45, 2.75) is 12.3 Å². The number of halogens is 1. The average Bonchev–Trinajstić information content (AvgIpc) is 2.93. The third kappa shape index (κ3) is 1.38. The van der Waals surface area contributed by atoms with Gasteiger partial charge >= 0.3 is 0 Å². The van der Waals surface area contributed by atoms with E-state index in [1.54, 1.807) is 6.07 Å². The molecular formula is C11H10ClN3O. The second kappa shape index (κ2) is 3.22. The summed E-state index contributed by atoms with van der Waals surface area (Å²) in [5, 5.41) is 8.81. The molecule has 5 heteroatoms. The van der Waals surface area contributed by atoms with E-state index in [0.29, 0.717) is 5.02 Å². The van der Waals surface area contributed by atoms with Gasteiger partial charge in [0.15, 0.2) is 0 Å². The summed E-state index contributed by atoms with van der Waals surface area (Å²) in [4.78, 5) is 11.0. The summed E-state index contributed by atoms with van der Waals surface area (Å²) in [5.41, 5.74) is 7.11. The number of fused-ring (bicyclic) bond motifs is 1. The van der Waals surface area contributed by atoms with Gasteiger partial charge in [0.05, 0.1) is 5.52 Å². The third-order valence-corrected chi connectivity index (χ3v) is 3.31. The molecule has 0 aliphatic heterocycles. The molecule has 1 amide bonds. The highest BCUT2D eigenvalue weighted by Crippen LogP contribution is 2.48. The summed E-state index contributed by atoms with van der Waals surface area (Å²) >= 11 is 5.94. The Morgan fingerprint density at radius 1 is 1.56 bits per heavy atom. The molecule has 0 bridgehead atoms. The minimum absolute atomic E-state index is 0.0531. The smallest absolute Gasteiger partial charge is 0.221 e. The van der Waals surface area contributed by atoms with Gasteiger partial charge in [-0.3, -0.25) is 9.89 Å². The summed E-state index contributed by atoms with van der Waals surface area (Å²) in [5.74, 6) is -0.113. The average molecular weight is 236 g/mol. The molecule has 1 aliphatic carbocycles. The molecule has 1 aliphatic rings. The van der Waals surface area contributed by atoms with Crippen molar-refractivity contribution in [1.29, 1.82) is 0 Å². The molecular weight excluding hydrogens is 226 g/mol. The topological polar surface area (TPSA) is 71.8 Å². The number of nitrogens with zero attached hydrogens (tertiary/aromatic N) is 1. The number of primary amides is 1. The number of nitrogens with one attached hydrogen (secondary N) is 1. The SMILES string of the molecule is NC(=O)[C@H]1C[C@@H]1c1[nH]nc2ccc(Cl)cc12. The second-order valence-corrected chi connectivity index (χ2v) is 4.59. The summed E-state index contributed by atoms with van der Waals surface area (Å²) in [6, 6.07) is 5.53. The number of H-pyrrole nitrogens is 1. The van der Waals surface area contributed by atoms with E-state index >= 15 is 0 Å². The fraction of sp³-hybridized carbons (Fsp3) is 0.273. The van der Waals surface area contributed by atoms with Crippen LogP contribution in [-0.4, -0.2) is 16.1 Å². The van der Waals surface area contributed by atoms with Crippen LogP contribution in [0.15, 0.2) is 18.2 Å². The van der Waals surface area contributed by atoms with E-state index < -0.39 is 0 Å². The van der Waals surface area contributed by atoms with E-state index in [1.165, 1.54) is 0 Å². The highest BCUT2D eigenvalue weighted by molar-refractivity contribution is 6.31. The third-order valence-electron chi connectivity index (χ3n) is 3.07. The van der Waals surface area contributed by atoms with E-state index in [-0.39, 0.29) is 17.7 Å². The van der Waals surface area contributed by atoms with Gasteiger partial charge in [-0.25, -0.2) is 0 Å². The van der Waals surface area contributed by atoms with Crippen LogP contribution < -0.4 is 5.73 Å². The zero-order chi connectivity index (χ0) is 11.3.